The summed E-state index contributed by atoms with van der Waals surface area (Å²) in [6, 6.07) is 23.1. The maximum Gasteiger partial charge on any atom is 0.199 e. The topological polar surface area (TPSA) is 79.2 Å². The van der Waals surface area contributed by atoms with Gasteiger partial charge in [0, 0.05) is 33.9 Å². The Labute approximate surface area is 210 Å². The minimum Gasteiger partial charge on any atom is -0.497 e. The standard InChI is InChI=1S/C29H31N3O4/c1-35-22-11-7-20(8-12-22)27(29(34)28(33)25-19-30-26-6-4-3-5-24(25)26)32-17-15-31(16-18-32)21-9-13-23(36-2)14-10-21/h3-14,19,27,29-30,34H,15-18H2,1-2H3/p+1/t27-,29-/m0/s1. The van der Waals surface area contributed by atoms with Crippen molar-refractivity contribution in [3.63, 3.8) is 0 Å². The highest BCUT2D eigenvalue weighted by molar-refractivity contribution is 6.10. The Morgan fingerprint density at radius 3 is 2.17 bits per heavy atom. The molecular formula is C29H32N3O4+. The highest BCUT2D eigenvalue weighted by Crippen LogP contribution is 2.25. The van der Waals surface area contributed by atoms with Crippen LogP contribution in [0.2, 0.25) is 0 Å². The molecule has 36 heavy (non-hydrogen) atoms. The first kappa shape index (κ1) is 23.9. The van der Waals surface area contributed by atoms with Gasteiger partial charge in [0.25, 0.3) is 0 Å². The van der Waals surface area contributed by atoms with Crippen LogP contribution in [0.25, 0.3) is 10.9 Å². The number of methoxy groups -OCH3 is 2. The van der Waals surface area contributed by atoms with Crippen molar-refractivity contribution in [2.45, 2.75) is 12.1 Å². The molecule has 1 saturated heterocycles. The van der Waals surface area contributed by atoms with E-state index < -0.39 is 12.1 Å². The summed E-state index contributed by atoms with van der Waals surface area (Å²) in [4.78, 5) is 20.3. The van der Waals surface area contributed by atoms with Gasteiger partial charge in [-0.3, -0.25) is 4.79 Å². The van der Waals surface area contributed by atoms with Gasteiger partial charge in [0.2, 0.25) is 0 Å². The van der Waals surface area contributed by atoms with Gasteiger partial charge < -0.3 is 29.4 Å². The number of aliphatic hydroxyl groups excluding tert-OH is 1. The maximum atomic E-state index is 13.6. The Morgan fingerprint density at radius 2 is 1.53 bits per heavy atom. The molecule has 7 nitrogen and oxygen atoms in total. The number of Topliss-reactive ketones (excluding diaryl/α,β-unsaturated/α-hetero) is 1. The van der Waals surface area contributed by atoms with Gasteiger partial charge in [-0.2, -0.15) is 0 Å². The summed E-state index contributed by atoms with van der Waals surface area (Å²) in [5.41, 5.74) is 3.47. The molecule has 0 unspecified atom stereocenters. The summed E-state index contributed by atoms with van der Waals surface area (Å²) < 4.78 is 10.6. The van der Waals surface area contributed by atoms with E-state index >= 15 is 0 Å². The molecule has 1 aliphatic rings. The number of quaternary nitrogens is 1. The van der Waals surface area contributed by atoms with E-state index in [4.69, 9.17) is 9.47 Å². The average molecular weight is 487 g/mol. The molecular weight excluding hydrogens is 454 g/mol. The number of hydrogen-bond donors (Lipinski definition) is 3. The fourth-order valence-electron chi connectivity index (χ4n) is 5.19. The van der Waals surface area contributed by atoms with Crippen molar-refractivity contribution in [1.29, 1.82) is 0 Å². The summed E-state index contributed by atoms with van der Waals surface area (Å²) in [5.74, 6) is 1.31. The number of piperazine rings is 1. The molecule has 2 heterocycles. The lowest BCUT2D eigenvalue weighted by atomic mass is 9.92. The number of H-pyrrole nitrogens is 1. The first-order valence-electron chi connectivity index (χ1n) is 12.2. The fourth-order valence-corrected chi connectivity index (χ4v) is 5.19. The molecule has 0 bridgehead atoms. The van der Waals surface area contributed by atoms with Crippen LogP contribution in [0.3, 0.4) is 0 Å². The number of benzene rings is 3. The van der Waals surface area contributed by atoms with E-state index in [2.05, 4.69) is 22.0 Å². The number of aromatic amines is 1. The molecule has 5 rings (SSSR count). The van der Waals surface area contributed by atoms with Crippen molar-refractivity contribution in [1.82, 2.24) is 4.98 Å². The highest BCUT2D eigenvalue weighted by Gasteiger charge is 2.39. The van der Waals surface area contributed by atoms with Gasteiger partial charge in [0.15, 0.2) is 11.9 Å². The Hall–Kier alpha value is -3.81. The number of nitrogens with one attached hydrogen (secondary N) is 2. The van der Waals surface area contributed by atoms with Crippen LogP contribution in [0.15, 0.2) is 79.0 Å². The summed E-state index contributed by atoms with van der Waals surface area (Å²) >= 11 is 0. The van der Waals surface area contributed by atoms with Crippen LogP contribution < -0.4 is 19.3 Å². The van der Waals surface area contributed by atoms with Crippen molar-refractivity contribution in [2.24, 2.45) is 0 Å². The number of rotatable bonds is 8. The molecule has 0 amide bonds. The van der Waals surface area contributed by atoms with Crippen LogP contribution in [0, 0.1) is 0 Å². The van der Waals surface area contributed by atoms with Crippen LogP contribution in [-0.4, -0.2) is 62.4 Å². The second kappa shape index (κ2) is 10.4. The smallest absolute Gasteiger partial charge is 0.199 e. The van der Waals surface area contributed by atoms with Gasteiger partial charge in [-0.1, -0.05) is 18.2 Å². The Morgan fingerprint density at radius 1 is 0.917 bits per heavy atom. The van der Waals surface area contributed by atoms with E-state index in [0.29, 0.717) is 5.56 Å². The van der Waals surface area contributed by atoms with Gasteiger partial charge in [-0.25, -0.2) is 0 Å². The molecule has 1 fully saturated rings. The Bertz CT molecular complexity index is 1310. The van der Waals surface area contributed by atoms with Crippen molar-refractivity contribution >= 4 is 22.4 Å². The molecule has 7 heteroatoms. The molecule has 0 spiro atoms. The Balaban J connectivity index is 1.40. The van der Waals surface area contributed by atoms with E-state index in [0.717, 1.165) is 59.8 Å². The van der Waals surface area contributed by atoms with Crippen LogP contribution >= 0.6 is 0 Å². The van der Waals surface area contributed by atoms with Gasteiger partial charge in [-0.15, -0.1) is 0 Å². The largest absolute Gasteiger partial charge is 0.497 e. The number of para-hydroxylation sites is 1. The summed E-state index contributed by atoms with van der Waals surface area (Å²) in [5, 5.41) is 12.4. The molecule has 3 N–H and O–H groups in total. The Kier molecular flexibility index (Phi) is 6.93. The number of aromatic nitrogens is 1. The molecule has 186 valence electrons. The number of aliphatic hydroxyl groups is 1. The average Bonchev–Trinajstić information content (AvgIpc) is 3.38. The van der Waals surface area contributed by atoms with Crippen molar-refractivity contribution in [3.8, 4) is 11.5 Å². The zero-order valence-electron chi connectivity index (χ0n) is 20.6. The minimum absolute atomic E-state index is 0.265. The van der Waals surface area contributed by atoms with Crippen LogP contribution in [0.1, 0.15) is 22.0 Å². The number of fused-ring (bicyclic) bond motifs is 1. The maximum absolute atomic E-state index is 13.6. The lowest BCUT2D eigenvalue weighted by Gasteiger charge is -2.39. The summed E-state index contributed by atoms with van der Waals surface area (Å²) in [6.07, 6.45) is 0.526. The SMILES string of the molecule is COc1ccc([C@@H]([C@H](O)C(=O)c2c[nH]c3ccccc23)[NH+]2CCN(c3ccc(OC)cc3)CC2)cc1. The number of ketones is 1. The third-order valence-corrected chi connectivity index (χ3v) is 7.20. The van der Waals surface area contributed by atoms with Gasteiger partial charge >= 0.3 is 0 Å². The highest BCUT2D eigenvalue weighted by atomic mass is 16.5. The number of hydrogen-bond acceptors (Lipinski definition) is 5. The van der Waals surface area contributed by atoms with Crippen molar-refractivity contribution in [3.05, 3.63) is 90.1 Å². The second-order valence-electron chi connectivity index (χ2n) is 9.15. The predicted molar refractivity (Wildman–Crippen MR) is 140 cm³/mol. The van der Waals surface area contributed by atoms with Crippen LogP contribution in [-0.2, 0) is 0 Å². The fraction of sp³-hybridized carbons (Fsp3) is 0.276. The molecule has 0 aliphatic carbocycles. The lowest BCUT2D eigenvalue weighted by molar-refractivity contribution is -0.934. The molecule has 1 aromatic heterocycles. The van der Waals surface area contributed by atoms with E-state index in [1.54, 1.807) is 20.4 Å². The van der Waals surface area contributed by atoms with E-state index in [1.807, 2.05) is 60.7 Å². The minimum atomic E-state index is -1.18. The lowest BCUT2D eigenvalue weighted by Crippen LogP contribution is -3.16. The summed E-state index contributed by atoms with van der Waals surface area (Å²) in [7, 11) is 3.30. The number of anilines is 1. The van der Waals surface area contributed by atoms with Gasteiger partial charge in [0.05, 0.1) is 40.4 Å². The quantitative estimate of drug-likeness (QED) is 0.334. The predicted octanol–water partition coefficient (Wildman–Crippen LogP) is 2.88. The van der Waals surface area contributed by atoms with Crippen LogP contribution in [0.5, 0.6) is 11.5 Å². The van der Waals surface area contributed by atoms with E-state index in [9.17, 15) is 9.90 Å². The summed E-state index contributed by atoms with van der Waals surface area (Å²) in [6.45, 7) is 3.23. The molecule has 3 aromatic carbocycles. The molecule has 0 saturated carbocycles. The van der Waals surface area contributed by atoms with Crippen molar-refractivity contribution < 1.29 is 24.3 Å². The van der Waals surface area contributed by atoms with Crippen LogP contribution in [0.4, 0.5) is 5.69 Å². The number of nitrogens with zero attached hydrogens (tertiary/aromatic N) is 1. The van der Waals surface area contributed by atoms with Gasteiger partial charge in [-0.05, 0) is 54.6 Å². The molecule has 1 aliphatic heterocycles. The zero-order valence-corrected chi connectivity index (χ0v) is 20.6. The van der Waals surface area contributed by atoms with Gasteiger partial charge in [0.1, 0.15) is 17.5 Å². The normalized spacial score (nSPS) is 16.0. The van der Waals surface area contributed by atoms with E-state index in [1.165, 1.54) is 4.90 Å². The first-order valence-corrected chi connectivity index (χ1v) is 12.2. The molecule has 4 aromatic rings. The van der Waals surface area contributed by atoms with Crippen molar-refractivity contribution in [2.75, 3.05) is 45.3 Å². The molecule has 0 radical (unpaired) electrons. The third kappa shape index (κ3) is 4.67. The van der Waals surface area contributed by atoms with E-state index in [-0.39, 0.29) is 5.78 Å². The third-order valence-electron chi connectivity index (χ3n) is 7.20. The molecule has 2 atom stereocenters. The zero-order chi connectivity index (χ0) is 25.1. The first-order chi connectivity index (χ1) is 17.6. The number of carbonyl (C=O) groups is 1. The number of ether oxygens (including phenoxy) is 2. The monoisotopic (exact) mass is 486 g/mol. The second-order valence-corrected chi connectivity index (χ2v) is 9.15. The number of carbonyl (C=O) groups excluding carboxylic acids is 1.